The van der Waals surface area contributed by atoms with Gasteiger partial charge >= 0.3 is 0 Å². The summed E-state index contributed by atoms with van der Waals surface area (Å²) >= 11 is 0. The van der Waals surface area contributed by atoms with Crippen LogP contribution in [0.4, 0.5) is 0 Å². The van der Waals surface area contributed by atoms with E-state index >= 15 is 0 Å². The van der Waals surface area contributed by atoms with Gasteiger partial charge in [0.2, 0.25) is 0 Å². The van der Waals surface area contributed by atoms with Gasteiger partial charge in [0, 0.05) is 32.7 Å². The van der Waals surface area contributed by atoms with E-state index in [1.54, 1.807) is 20.4 Å². The van der Waals surface area contributed by atoms with E-state index in [-0.39, 0.29) is 12.5 Å². The third-order valence-corrected chi connectivity index (χ3v) is 4.87. The third-order valence-electron chi connectivity index (χ3n) is 4.87. The molecule has 2 aromatic carbocycles. The molecule has 0 unspecified atom stereocenters. The van der Waals surface area contributed by atoms with Crippen LogP contribution >= 0.6 is 0 Å². The number of methoxy groups -OCH3 is 2. The van der Waals surface area contributed by atoms with Gasteiger partial charge in [-0.25, -0.2) is 0 Å². The highest BCUT2D eigenvalue weighted by molar-refractivity contribution is 5.80. The first-order valence-electron chi connectivity index (χ1n) is 9.60. The van der Waals surface area contributed by atoms with Gasteiger partial charge in [0.25, 0.3) is 5.91 Å². The molecule has 0 spiro atoms. The first kappa shape index (κ1) is 20.7. The van der Waals surface area contributed by atoms with Gasteiger partial charge < -0.3 is 19.2 Å². The van der Waals surface area contributed by atoms with E-state index in [2.05, 4.69) is 22.2 Å². The van der Waals surface area contributed by atoms with Crippen LogP contribution in [0.5, 0.6) is 11.5 Å². The Bertz CT molecular complexity index is 798. The predicted octanol–water partition coefficient (Wildman–Crippen LogP) is 2.40. The van der Waals surface area contributed by atoms with E-state index in [0.717, 1.165) is 36.7 Å². The first-order valence-corrected chi connectivity index (χ1v) is 9.60. The smallest absolute Gasteiger partial charge is 0.263 e. The van der Waals surface area contributed by atoms with Crippen LogP contribution in [-0.2, 0) is 16.2 Å². The van der Waals surface area contributed by atoms with E-state index in [0.29, 0.717) is 13.1 Å². The lowest BCUT2D eigenvalue weighted by molar-refractivity contribution is -0.137. The number of carbonyl (C=O) groups is 1. The Labute approximate surface area is 171 Å². The predicted molar refractivity (Wildman–Crippen MR) is 111 cm³/mol. The van der Waals surface area contributed by atoms with Gasteiger partial charge in [0.15, 0.2) is 6.61 Å². The number of rotatable bonds is 8. The van der Waals surface area contributed by atoms with Crippen LogP contribution in [0.3, 0.4) is 0 Å². The Balaban J connectivity index is 1.37. The molecule has 29 heavy (non-hydrogen) atoms. The maximum absolute atomic E-state index is 12.3. The molecular weight excluding hydrogens is 370 g/mol. The molecular formula is C22H27N3O4. The molecule has 0 N–H and O–H groups in total. The summed E-state index contributed by atoms with van der Waals surface area (Å²) in [5, 5.41) is 3.88. The summed E-state index contributed by atoms with van der Waals surface area (Å²) in [6.07, 6.45) is 1.58. The summed E-state index contributed by atoms with van der Waals surface area (Å²) in [7, 11) is 3.29. The van der Waals surface area contributed by atoms with Crippen LogP contribution in [-0.4, -0.2) is 68.9 Å². The van der Waals surface area contributed by atoms with E-state index < -0.39 is 0 Å². The highest BCUT2D eigenvalue weighted by Gasteiger charge is 2.21. The van der Waals surface area contributed by atoms with Gasteiger partial charge in [-0.3, -0.25) is 9.69 Å². The van der Waals surface area contributed by atoms with Crippen molar-refractivity contribution in [1.29, 1.82) is 0 Å². The van der Waals surface area contributed by atoms with Crippen LogP contribution in [0.15, 0.2) is 53.7 Å². The highest BCUT2D eigenvalue weighted by atomic mass is 16.6. The summed E-state index contributed by atoms with van der Waals surface area (Å²) in [5.74, 6) is 1.60. The fraction of sp³-hybridized carbons (Fsp3) is 0.364. The van der Waals surface area contributed by atoms with Crippen molar-refractivity contribution in [2.75, 3.05) is 47.0 Å². The number of hydrogen-bond donors (Lipinski definition) is 0. The largest absolute Gasteiger partial charge is 0.497 e. The number of amides is 1. The Morgan fingerprint density at radius 2 is 1.52 bits per heavy atom. The van der Waals surface area contributed by atoms with E-state index in [9.17, 15) is 4.79 Å². The molecule has 1 aliphatic heterocycles. The highest BCUT2D eigenvalue weighted by Crippen LogP contribution is 2.14. The molecule has 0 saturated carbocycles. The second-order valence-electron chi connectivity index (χ2n) is 6.79. The van der Waals surface area contributed by atoms with E-state index in [1.165, 1.54) is 5.56 Å². The van der Waals surface area contributed by atoms with Gasteiger partial charge in [-0.05, 0) is 47.5 Å². The van der Waals surface area contributed by atoms with Crippen LogP contribution < -0.4 is 9.47 Å². The molecule has 1 saturated heterocycles. The molecule has 0 aromatic heterocycles. The summed E-state index contributed by atoms with van der Waals surface area (Å²) in [6, 6.07) is 15.5. The minimum Gasteiger partial charge on any atom is -0.497 e. The SMILES string of the molecule is COc1ccc(/C=N\OCC(=O)N2CCN(Cc3ccc(OC)cc3)CC2)cc1. The molecule has 7 nitrogen and oxygen atoms in total. The van der Waals surface area contributed by atoms with Gasteiger partial charge in [-0.15, -0.1) is 0 Å². The lowest BCUT2D eigenvalue weighted by atomic mass is 10.2. The molecule has 0 bridgehead atoms. The van der Waals surface area contributed by atoms with Gasteiger partial charge in [-0.1, -0.05) is 17.3 Å². The van der Waals surface area contributed by atoms with Crippen molar-refractivity contribution in [2.45, 2.75) is 6.54 Å². The first-order chi connectivity index (χ1) is 14.2. The second kappa shape index (κ2) is 10.5. The Kier molecular flexibility index (Phi) is 7.47. The molecule has 0 radical (unpaired) electrons. The summed E-state index contributed by atoms with van der Waals surface area (Å²) in [6.45, 7) is 3.89. The fourth-order valence-corrected chi connectivity index (χ4v) is 3.12. The van der Waals surface area contributed by atoms with Crippen molar-refractivity contribution in [3.63, 3.8) is 0 Å². The van der Waals surface area contributed by atoms with Crippen molar-refractivity contribution < 1.29 is 19.1 Å². The number of hydrogen-bond acceptors (Lipinski definition) is 6. The summed E-state index contributed by atoms with van der Waals surface area (Å²) in [4.78, 5) is 21.6. The maximum atomic E-state index is 12.3. The van der Waals surface area contributed by atoms with Gasteiger partial charge in [0.1, 0.15) is 11.5 Å². The number of benzene rings is 2. The molecule has 3 rings (SSSR count). The monoisotopic (exact) mass is 397 g/mol. The molecule has 1 amide bonds. The Morgan fingerprint density at radius 3 is 2.10 bits per heavy atom. The Morgan fingerprint density at radius 1 is 0.931 bits per heavy atom. The maximum Gasteiger partial charge on any atom is 0.263 e. The zero-order valence-corrected chi connectivity index (χ0v) is 16.9. The normalized spacial score (nSPS) is 14.8. The van der Waals surface area contributed by atoms with Gasteiger partial charge in [0.05, 0.1) is 20.4 Å². The second-order valence-corrected chi connectivity index (χ2v) is 6.79. The average molecular weight is 397 g/mol. The van der Waals surface area contributed by atoms with Crippen LogP contribution in [0.25, 0.3) is 0 Å². The van der Waals surface area contributed by atoms with E-state index in [4.69, 9.17) is 14.3 Å². The van der Waals surface area contributed by atoms with Crippen molar-refractivity contribution in [3.8, 4) is 11.5 Å². The molecule has 0 atom stereocenters. The molecule has 1 heterocycles. The van der Waals surface area contributed by atoms with Crippen molar-refractivity contribution in [3.05, 3.63) is 59.7 Å². The van der Waals surface area contributed by atoms with Gasteiger partial charge in [-0.2, -0.15) is 0 Å². The number of carbonyl (C=O) groups excluding carboxylic acids is 1. The molecule has 1 fully saturated rings. The van der Waals surface area contributed by atoms with Crippen LogP contribution in [0, 0.1) is 0 Å². The van der Waals surface area contributed by atoms with Crippen molar-refractivity contribution in [2.24, 2.45) is 5.16 Å². The number of ether oxygens (including phenoxy) is 2. The van der Waals surface area contributed by atoms with E-state index in [1.807, 2.05) is 41.3 Å². The molecule has 1 aliphatic rings. The number of nitrogens with zero attached hydrogens (tertiary/aromatic N) is 3. The summed E-state index contributed by atoms with van der Waals surface area (Å²) in [5.41, 5.74) is 2.12. The third kappa shape index (κ3) is 6.22. The topological polar surface area (TPSA) is 63.6 Å². The summed E-state index contributed by atoms with van der Waals surface area (Å²) < 4.78 is 10.3. The van der Waals surface area contributed by atoms with Crippen molar-refractivity contribution in [1.82, 2.24) is 9.80 Å². The lowest BCUT2D eigenvalue weighted by Gasteiger charge is -2.34. The Hall–Kier alpha value is -3.06. The minimum atomic E-state index is -0.0505. The standard InChI is InChI=1S/C22H27N3O4/c1-27-20-7-3-18(4-8-20)15-23-29-17-22(26)25-13-11-24(12-14-25)16-19-5-9-21(28-2)10-6-19/h3-10,15H,11-14,16-17H2,1-2H3/b23-15-. The lowest BCUT2D eigenvalue weighted by Crippen LogP contribution is -2.49. The zero-order valence-electron chi connectivity index (χ0n) is 16.9. The van der Waals surface area contributed by atoms with Crippen LogP contribution in [0.1, 0.15) is 11.1 Å². The quantitative estimate of drug-likeness (QED) is 0.506. The molecule has 7 heteroatoms. The minimum absolute atomic E-state index is 0.0408. The molecule has 154 valence electrons. The number of oxime groups is 1. The van der Waals surface area contributed by atoms with Crippen LogP contribution in [0.2, 0.25) is 0 Å². The average Bonchev–Trinajstić information content (AvgIpc) is 2.78. The fourth-order valence-electron chi connectivity index (χ4n) is 3.12. The number of piperazine rings is 1. The molecule has 2 aromatic rings. The molecule has 0 aliphatic carbocycles. The van der Waals surface area contributed by atoms with Crippen molar-refractivity contribution >= 4 is 12.1 Å². The zero-order chi connectivity index (χ0) is 20.5.